The van der Waals surface area contributed by atoms with Crippen molar-refractivity contribution in [1.29, 1.82) is 0 Å². The van der Waals surface area contributed by atoms with E-state index >= 15 is 0 Å². The standard InChI is InChI=1S/C18H15N3O4S/c1-26(23,24)15-10-8-14(9-11-15)17-20-21-18(25-17)19-16(22)12-7-13-5-3-2-4-6-13/h2-12H,1H3,(H,19,21,22). The largest absolute Gasteiger partial charge is 0.403 e. The molecule has 1 heterocycles. The molecule has 1 aromatic heterocycles. The van der Waals surface area contributed by atoms with Gasteiger partial charge in [0.15, 0.2) is 9.84 Å². The Kier molecular flexibility index (Phi) is 4.94. The van der Waals surface area contributed by atoms with Crippen LogP contribution in [0.25, 0.3) is 17.5 Å². The number of carbonyl (C=O) groups is 1. The lowest BCUT2D eigenvalue weighted by Gasteiger charge is -1.99. The van der Waals surface area contributed by atoms with Crippen LogP contribution in [0, 0.1) is 0 Å². The van der Waals surface area contributed by atoms with E-state index in [0.29, 0.717) is 5.56 Å². The van der Waals surface area contributed by atoms with E-state index in [1.807, 2.05) is 30.3 Å². The molecular weight excluding hydrogens is 354 g/mol. The molecule has 0 unspecified atom stereocenters. The minimum Gasteiger partial charge on any atom is -0.403 e. The van der Waals surface area contributed by atoms with Gasteiger partial charge in [-0.3, -0.25) is 10.1 Å². The van der Waals surface area contributed by atoms with Crippen molar-refractivity contribution in [2.45, 2.75) is 4.90 Å². The van der Waals surface area contributed by atoms with Gasteiger partial charge in [-0.2, -0.15) is 0 Å². The molecule has 3 aromatic rings. The summed E-state index contributed by atoms with van der Waals surface area (Å²) in [6.07, 6.45) is 4.15. The zero-order chi connectivity index (χ0) is 18.6. The van der Waals surface area contributed by atoms with Crippen molar-refractivity contribution >= 4 is 27.8 Å². The number of carbonyl (C=O) groups excluding carboxylic acids is 1. The highest BCUT2D eigenvalue weighted by Gasteiger charge is 2.12. The monoisotopic (exact) mass is 369 g/mol. The Morgan fingerprint density at radius 2 is 1.73 bits per heavy atom. The van der Waals surface area contributed by atoms with Crippen LogP contribution in [0.2, 0.25) is 0 Å². The second kappa shape index (κ2) is 7.32. The van der Waals surface area contributed by atoms with Crippen LogP contribution in [0.1, 0.15) is 5.56 Å². The Morgan fingerprint density at radius 3 is 2.38 bits per heavy atom. The van der Waals surface area contributed by atoms with Gasteiger partial charge in [0.25, 0.3) is 5.91 Å². The van der Waals surface area contributed by atoms with Gasteiger partial charge in [0.05, 0.1) is 4.90 Å². The summed E-state index contributed by atoms with van der Waals surface area (Å²) in [6.45, 7) is 0. The summed E-state index contributed by atoms with van der Waals surface area (Å²) in [5.74, 6) is -0.233. The summed E-state index contributed by atoms with van der Waals surface area (Å²) >= 11 is 0. The number of anilines is 1. The van der Waals surface area contributed by atoms with Gasteiger partial charge in [-0.05, 0) is 35.9 Å². The van der Waals surface area contributed by atoms with E-state index in [1.54, 1.807) is 18.2 Å². The molecule has 0 aliphatic rings. The number of sulfone groups is 1. The van der Waals surface area contributed by atoms with Gasteiger partial charge in [0.1, 0.15) is 0 Å². The van der Waals surface area contributed by atoms with E-state index in [9.17, 15) is 13.2 Å². The van der Waals surface area contributed by atoms with E-state index in [4.69, 9.17) is 4.42 Å². The molecule has 0 saturated heterocycles. The number of nitrogens with one attached hydrogen (secondary N) is 1. The smallest absolute Gasteiger partial charge is 0.322 e. The minimum absolute atomic E-state index is 0.0464. The molecular formula is C18H15N3O4S. The molecule has 132 valence electrons. The van der Waals surface area contributed by atoms with Gasteiger partial charge in [-0.15, -0.1) is 5.10 Å². The van der Waals surface area contributed by atoms with Gasteiger partial charge < -0.3 is 4.42 Å². The van der Waals surface area contributed by atoms with Crippen LogP contribution in [0.15, 0.2) is 70.0 Å². The maximum Gasteiger partial charge on any atom is 0.322 e. The van der Waals surface area contributed by atoms with E-state index in [-0.39, 0.29) is 16.8 Å². The predicted octanol–water partition coefficient (Wildman–Crippen LogP) is 2.79. The molecule has 0 bridgehead atoms. The van der Waals surface area contributed by atoms with Crippen LogP contribution in [-0.4, -0.2) is 30.8 Å². The highest BCUT2D eigenvalue weighted by molar-refractivity contribution is 7.90. The van der Waals surface area contributed by atoms with E-state index in [2.05, 4.69) is 15.5 Å². The molecule has 7 nitrogen and oxygen atoms in total. The van der Waals surface area contributed by atoms with Crippen LogP contribution >= 0.6 is 0 Å². The predicted molar refractivity (Wildman–Crippen MR) is 96.9 cm³/mol. The van der Waals surface area contributed by atoms with Crippen molar-refractivity contribution in [2.75, 3.05) is 11.6 Å². The van der Waals surface area contributed by atoms with E-state index in [0.717, 1.165) is 11.8 Å². The first-order valence-corrected chi connectivity index (χ1v) is 9.49. The SMILES string of the molecule is CS(=O)(=O)c1ccc(-c2nnc(NC(=O)C=Cc3ccccc3)o2)cc1. The molecule has 1 amide bonds. The first-order valence-electron chi connectivity index (χ1n) is 7.60. The third kappa shape index (κ3) is 4.42. The van der Waals surface area contributed by atoms with E-state index < -0.39 is 15.7 Å². The number of hydrogen-bond donors (Lipinski definition) is 1. The summed E-state index contributed by atoms with van der Waals surface area (Å²) < 4.78 is 28.3. The summed E-state index contributed by atoms with van der Waals surface area (Å²) in [6, 6.07) is 15.4. The van der Waals surface area contributed by atoms with Crippen LogP contribution in [0.5, 0.6) is 0 Å². The van der Waals surface area contributed by atoms with Crippen molar-refractivity contribution in [1.82, 2.24) is 10.2 Å². The minimum atomic E-state index is -3.27. The fraction of sp³-hybridized carbons (Fsp3) is 0.0556. The van der Waals surface area contributed by atoms with Crippen molar-refractivity contribution in [2.24, 2.45) is 0 Å². The average Bonchev–Trinajstić information content (AvgIpc) is 3.09. The Hall–Kier alpha value is -3.26. The quantitative estimate of drug-likeness (QED) is 0.694. The summed E-state index contributed by atoms with van der Waals surface area (Å²) in [7, 11) is -3.27. The van der Waals surface area contributed by atoms with Gasteiger partial charge >= 0.3 is 6.01 Å². The molecule has 0 radical (unpaired) electrons. The number of aromatic nitrogens is 2. The van der Waals surface area contributed by atoms with Gasteiger partial charge in [-0.1, -0.05) is 35.4 Å². The molecule has 0 fully saturated rings. The lowest BCUT2D eigenvalue weighted by Crippen LogP contribution is -2.07. The Labute approximate surface area is 150 Å². The second-order valence-electron chi connectivity index (χ2n) is 5.44. The number of rotatable bonds is 5. The average molecular weight is 369 g/mol. The number of hydrogen-bond acceptors (Lipinski definition) is 6. The van der Waals surface area contributed by atoms with Crippen molar-refractivity contribution < 1.29 is 17.6 Å². The molecule has 0 aliphatic carbocycles. The lowest BCUT2D eigenvalue weighted by atomic mass is 10.2. The van der Waals surface area contributed by atoms with Gasteiger partial charge in [0.2, 0.25) is 5.89 Å². The Bertz CT molecular complexity index is 1040. The molecule has 0 saturated carbocycles. The van der Waals surface area contributed by atoms with Crippen molar-refractivity contribution in [3.05, 3.63) is 66.2 Å². The summed E-state index contributed by atoms with van der Waals surface area (Å²) in [5, 5.41) is 10.1. The molecule has 8 heteroatoms. The van der Waals surface area contributed by atoms with E-state index in [1.165, 1.54) is 18.2 Å². The molecule has 26 heavy (non-hydrogen) atoms. The third-order valence-electron chi connectivity index (χ3n) is 3.41. The fourth-order valence-electron chi connectivity index (χ4n) is 2.12. The number of nitrogens with zero attached hydrogens (tertiary/aromatic N) is 2. The summed E-state index contributed by atoms with van der Waals surface area (Å²) in [4.78, 5) is 12.1. The van der Waals surface area contributed by atoms with Crippen LogP contribution in [0.4, 0.5) is 6.01 Å². The zero-order valence-electron chi connectivity index (χ0n) is 13.8. The number of amides is 1. The molecule has 1 N–H and O–H groups in total. The fourth-order valence-corrected chi connectivity index (χ4v) is 2.75. The Morgan fingerprint density at radius 1 is 1.04 bits per heavy atom. The second-order valence-corrected chi connectivity index (χ2v) is 7.46. The Balaban J connectivity index is 1.68. The molecule has 0 atom stereocenters. The molecule has 2 aromatic carbocycles. The zero-order valence-corrected chi connectivity index (χ0v) is 14.6. The first-order chi connectivity index (χ1) is 12.4. The summed E-state index contributed by atoms with van der Waals surface area (Å²) in [5.41, 5.74) is 1.44. The molecule has 3 rings (SSSR count). The number of benzene rings is 2. The van der Waals surface area contributed by atoms with Crippen molar-refractivity contribution in [3.63, 3.8) is 0 Å². The lowest BCUT2D eigenvalue weighted by molar-refractivity contribution is -0.112. The van der Waals surface area contributed by atoms with Crippen LogP contribution in [0.3, 0.4) is 0 Å². The topological polar surface area (TPSA) is 102 Å². The maximum atomic E-state index is 11.9. The normalized spacial score (nSPS) is 11.6. The maximum absolute atomic E-state index is 11.9. The molecule has 0 spiro atoms. The highest BCUT2D eigenvalue weighted by Crippen LogP contribution is 2.21. The van der Waals surface area contributed by atoms with Gasteiger partial charge in [-0.25, -0.2) is 8.42 Å². The van der Waals surface area contributed by atoms with Crippen LogP contribution < -0.4 is 5.32 Å². The van der Waals surface area contributed by atoms with Crippen molar-refractivity contribution in [3.8, 4) is 11.5 Å². The third-order valence-corrected chi connectivity index (χ3v) is 4.54. The van der Waals surface area contributed by atoms with Crippen LogP contribution in [-0.2, 0) is 14.6 Å². The van der Waals surface area contributed by atoms with Gasteiger partial charge in [0, 0.05) is 17.9 Å². The first kappa shape index (κ1) is 17.6. The highest BCUT2D eigenvalue weighted by atomic mass is 32.2. The molecule has 0 aliphatic heterocycles.